The van der Waals surface area contributed by atoms with Gasteiger partial charge >= 0.3 is 44.4 Å². The topological polar surface area (TPSA) is 0 Å². The summed E-state index contributed by atoms with van der Waals surface area (Å²) in [5.74, 6) is 0. The Morgan fingerprint density at radius 2 is 0.750 bits per heavy atom. The number of hydrogen-bond donors (Lipinski definition) is 0. The molecule has 0 N–H and O–H groups in total. The summed E-state index contributed by atoms with van der Waals surface area (Å²) >= 11 is 0. The van der Waals surface area contributed by atoms with Crippen LogP contribution in [0.3, 0.4) is 0 Å². The van der Waals surface area contributed by atoms with E-state index in [2.05, 4.69) is 0 Å². The van der Waals surface area contributed by atoms with Gasteiger partial charge < -0.3 is 47.3 Å². The maximum atomic E-state index is 0. The van der Waals surface area contributed by atoms with E-state index < -0.39 is 0 Å². The molecule has 0 saturated heterocycles. The molecule has 4 heteroatoms. The fourth-order valence-corrected chi connectivity index (χ4v) is 0. The van der Waals surface area contributed by atoms with Crippen LogP contribution in [0.5, 0.6) is 0 Å². The molecule has 0 aliphatic heterocycles. The molecule has 0 aromatic carbocycles. The molecule has 0 aromatic rings. The van der Waals surface area contributed by atoms with Crippen molar-refractivity contribution in [3.8, 4) is 0 Å². The van der Waals surface area contributed by atoms with Gasteiger partial charge in [-0.05, 0) is 0 Å². The molecule has 23 valence electrons. The largest absolute Gasteiger partial charge is 2.00 e. The van der Waals surface area contributed by atoms with Crippen molar-refractivity contribution in [2.24, 2.45) is 0 Å². The summed E-state index contributed by atoms with van der Waals surface area (Å²) in [5, 5.41) is 0. The van der Waals surface area contributed by atoms with E-state index in [1.165, 1.54) is 0 Å². The Morgan fingerprint density at radius 1 is 0.750 bits per heavy atom. The third kappa shape index (κ3) is 8.90. The molecule has 0 nitrogen and oxygen atoms in total. The molecule has 0 aromatic heterocycles. The number of hydrogen-bond acceptors (Lipinski definition) is 0. The summed E-state index contributed by atoms with van der Waals surface area (Å²) in [5.41, 5.74) is 0. The molecule has 3 radical (unpaired) electrons. The van der Waals surface area contributed by atoms with E-state index in [1.807, 2.05) is 0 Å². The van der Waals surface area contributed by atoms with Gasteiger partial charge in [0.15, 0.2) is 0 Å². The van der Waals surface area contributed by atoms with Crippen molar-refractivity contribution in [1.82, 2.24) is 0 Å². The molecule has 0 aliphatic carbocycles. The number of rotatable bonds is 0. The Balaban J connectivity index is 0. The molecule has 0 bridgehead atoms. The maximum absolute atomic E-state index is 0. The van der Waals surface area contributed by atoms with Crippen molar-refractivity contribution in [2.45, 2.75) is 0 Å². The predicted octanol–water partition coefficient (Wildman–Crippen LogP) is -1.14. The zero-order valence-electron chi connectivity index (χ0n) is 1.69. The smallest absolute Gasteiger partial charge is 2.00 e. The first kappa shape index (κ1) is 27.9. The second kappa shape index (κ2) is 16.6. The van der Waals surface area contributed by atoms with Gasteiger partial charge in [0.05, 0.1) is 0 Å². The molecular weight excluding hydrogens is 517 g/mol. The molecule has 0 spiro atoms. The minimum atomic E-state index is 0. The van der Waals surface area contributed by atoms with E-state index in [1.54, 1.807) is 0 Å². The summed E-state index contributed by atoms with van der Waals surface area (Å²) in [7, 11) is 0. The van der Waals surface area contributed by atoms with Gasteiger partial charge in [0, 0.05) is 0 Å². The summed E-state index contributed by atoms with van der Waals surface area (Å²) in [6, 6.07) is 0. The van der Waals surface area contributed by atoms with Gasteiger partial charge in [0.2, 0.25) is 0 Å². The van der Waals surface area contributed by atoms with Crippen LogP contribution < -0.4 is 0 Å². The third-order valence-corrected chi connectivity index (χ3v) is 0. The maximum Gasteiger partial charge on any atom is 2.00 e. The van der Waals surface area contributed by atoms with Crippen molar-refractivity contribution in [1.29, 1.82) is 0 Å². The Kier molecular flexibility index (Phi) is 116. The van der Waals surface area contributed by atoms with Crippen LogP contribution in [-0.4, -0.2) is 74.6 Å². The van der Waals surface area contributed by atoms with Crippen LogP contribution in [0.25, 0.3) is 0 Å². The fraction of sp³-hybridized carbons (Fsp3) is 0. The van der Waals surface area contributed by atoms with Crippen molar-refractivity contribution in [3.05, 3.63) is 0 Å². The predicted molar refractivity (Wildman–Crippen MR) is 17.3 cm³/mol. The van der Waals surface area contributed by atoms with Crippen LogP contribution in [0.1, 0.15) is 0 Å². The molecular formula is MnPbTe2. The van der Waals surface area contributed by atoms with Crippen molar-refractivity contribution in [2.75, 3.05) is 0 Å². The van der Waals surface area contributed by atoms with Gasteiger partial charge in [-0.3, -0.25) is 0 Å². The van der Waals surface area contributed by atoms with E-state index in [0.29, 0.717) is 0 Å². The van der Waals surface area contributed by atoms with E-state index in [9.17, 15) is 0 Å². The second-order valence-electron chi connectivity index (χ2n) is 0. The molecule has 0 fully saturated rings. The monoisotopic (exact) mass is 523 g/mol. The molecule has 0 unspecified atom stereocenters. The first-order valence-corrected chi connectivity index (χ1v) is 0. The molecule has 0 rings (SSSR count). The first-order valence-electron chi connectivity index (χ1n) is 0. The van der Waals surface area contributed by atoms with Crippen LogP contribution in [-0.2, 0) is 17.1 Å². The van der Waals surface area contributed by atoms with Crippen molar-refractivity contribution < 1.29 is 17.1 Å². The van der Waals surface area contributed by atoms with Gasteiger partial charge in [-0.25, -0.2) is 0 Å². The zero-order valence-corrected chi connectivity index (χ0v) is 11.4. The van der Waals surface area contributed by atoms with E-state index in [-0.39, 0.29) is 91.7 Å². The average molecular weight is 517 g/mol. The summed E-state index contributed by atoms with van der Waals surface area (Å²) in [4.78, 5) is 0. The summed E-state index contributed by atoms with van der Waals surface area (Å²) < 4.78 is 0. The van der Waals surface area contributed by atoms with E-state index in [4.69, 9.17) is 0 Å². The minimum Gasteiger partial charge on any atom is -2.00 e. The van der Waals surface area contributed by atoms with Gasteiger partial charge in [-0.1, -0.05) is 0 Å². The van der Waals surface area contributed by atoms with Crippen molar-refractivity contribution >= 4 is 74.6 Å². The molecule has 0 saturated carbocycles. The second-order valence-corrected chi connectivity index (χ2v) is 0. The van der Waals surface area contributed by atoms with Crippen LogP contribution in [0.15, 0.2) is 0 Å². The van der Waals surface area contributed by atoms with Gasteiger partial charge in [0.25, 0.3) is 0 Å². The fourth-order valence-electron chi connectivity index (χ4n) is 0. The van der Waals surface area contributed by atoms with Crippen LogP contribution in [0.4, 0.5) is 0 Å². The van der Waals surface area contributed by atoms with E-state index in [0.717, 1.165) is 0 Å². The molecule has 4 heavy (non-hydrogen) atoms. The van der Waals surface area contributed by atoms with Crippen LogP contribution in [0.2, 0.25) is 0 Å². The average Bonchev–Trinajstić information content (AvgIpc) is 0. The van der Waals surface area contributed by atoms with Crippen LogP contribution >= 0.6 is 0 Å². The molecule has 0 atom stereocenters. The van der Waals surface area contributed by atoms with Crippen LogP contribution in [0, 0.1) is 0 Å². The molecule has 0 aliphatic rings. The SMILES string of the molecule is [Mn+2].[Pb+2].[Te-2].[Te-2]. The van der Waals surface area contributed by atoms with E-state index >= 15 is 0 Å². The quantitative estimate of drug-likeness (QED) is 0.357. The van der Waals surface area contributed by atoms with Gasteiger partial charge in [-0.15, -0.1) is 0 Å². The first-order chi connectivity index (χ1) is 0. The zero-order chi connectivity index (χ0) is 0. The Hall–Kier alpha value is 3.02. The molecule has 0 amide bonds. The normalized spacial score (nSPS) is 0. The third-order valence-electron chi connectivity index (χ3n) is 0. The van der Waals surface area contributed by atoms with Crippen molar-refractivity contribution in [3.63, 3.8) is 0 Å². The Bertz CT molecular complexity index is 6.00. The Labute approximate surface area is 89.9 Å². The van der Waals surface area contributed by atoms with Gasteiger partial charge in [-0.2, -0.15) is 0 Å². The Morgan fingerprint density at radius 3 is 0.750 bits per heavy atom. The standard InChI is InChI=1S/Mn.Pb.2Te/q2*+2;2*-2. The summed E-state index contributed by atoms with van der Waals surface area (Å²) in [6.07, 6.45) is 0. The molecule has 0 heterocycles. The van der Waals surface area contributed by atoms with Gasteiger partial charge in [0.1, 0.15) is 0 Å². The summed E-state index contributed by atoms with van der Waals surface area (Å²) in [6.45, 7) is 0. The minimum absolute atomic E-state index is 0.